The summed E-state index contributed by atoms with van der Waals surface area (Å²) in [6, 6.07) is 4.76. The van der Waals surface area contributed by atoms with E-state index in [-0.39, 0.29) is 42.3 Å². The van der Waals surface area contributed by atoms with Crippen molar-refractivity contribution in [2.75, 3.05) is 47.5 Å². The van der Waals surface area contributed by atoms with E-state index in [1.807, 2.05) is 4.90 Å². The van der Waals surface area contributed by atoms with Crippen molar-refractivity contribution >= 4 is 33.2 Å². The maximum absolute atomic E-state index is 14.9. The number of halogens is 1. The van der Waals surface area contributed by atoms with E-state index in [9.17, 15) is 22.4 Å². The first-order chi connectivity index (χ1) is 15.3. The molecule has 1 N–H and O–H groups in total. The van der Waals surface area contributed by atoms with Gasteiger partial charge in [-0.2, -0.15) is 0 Å². The molecule has 8 nitrogen and oxygen atoms in total. The Kier molecular flexibility index (Phi) is 5.51. The number of carbonyl (C=O) groups excluding carboxylic acids is 2. The molecule has 3 heterocycles. The largest absolute Gasteiger partial charge is 0.442 e. The zero-order valence-electron chi connectivity index (χ0n) is 17.8. The molecule has 3 saturated heterocycles. The molecule has 1 aromatic rings. The summed E-state index contributed by atoms with van der Waals surface area (Å²) < 4.78 is 43.1. The molecular formula is C22H28FN3O5S. The Bertz CT molecular complexity index is 1010. The Balaban J connectivity index is 1.16. The summed E-state index contributed by atoms with van der Waals surface area (Å²) in [5, 5.41) is 2.81. The van der Waals surface area contributed by atoms with E-state index < -0.39 is 27.9 Å². The summed E-state index contributed by atoms with van der Waals surface area (Å²) in [6.45, 7) is 1.89. The van der Waals surface area contributed by atoms with Crippen molar-refractivity contribution in [3.05, 3.63) is 24.0 Å². The smallest absolute Gasteiger partial charge is 0.414 e. The average molecular weight is 466 g/mol. The van der Waals surface area contributed by atoms with Gasteiger partial charge < -0.3 is 15.0 Å². The van der Waals surface area contributed by atoms with Gasteiger partial charge in [0.1, 0.15) is 11.9 Å². The van der Waals surface area contributed by atoms with Gasteiger partial charge in [0, 0.05) is 19.0 Å². The molecule has 4 aliphatic rings. The number of ether oxygens (including phenoxy) is 1. The van der Waals surface area contributed by atoms with Crippen molar-refractivity contribution in [2.24, 2.45) is 17.8 Å². The van der Waals surface area contributed by atoms with Crippen molar-refractivity contribution in [1.82, 2.24) is 5.32 Å². The highest BCUT2D eigenvalue weighted by Crippen LogP contribution is 2.36. The van der Waals surface area contributed by atoms with Crippen molar-refractivity contribution in [2.45, 2.75) is 31.8 Å². The van der Waals surface area contributed by atoms with Gasteiger partial charge in [-0.1, -0.05) is 0 Å². The summed E-state index contributed by atoms with van der Waals surface area (Å²) in [5.74, 6) is 0.904. The molecule has 1 saturated carbocycles. The highest BCUT2D eigenvalue weighted by Gasteiger charge is 2.40. The lowest BCUT2D eigenvalue weighted by Crippen LogP contribution is -2.45. The van der Waals surface area contributed by atoms with Gasteiger partial charge in [0.25, 0.3) is 0 Å². The third-order valence-electron chi connectivity index (χ3n) is 7.05. The average Bonchev–Trinajstić information content (AvgIpc) is 3.53. The maximum atomic E-state index is 14.9. The van der Waals surface area contributed by atoms with E-state index in [4.69, 9.17) is 4.74 Å². The topological polar surface area (TPSA) is 96.0 Å². The molecule has 1 unspecified atom stereocenters. The lowest BCUT2D eigenvalue weighted by Gasteiger charge is -2.40. The summed E-state index contributed by atoms with van der Waals surface area (Å²) in [5.41, 5.74) is 0.927. The van der Waals surface area contributed by atoms with Crippen LogP contribution in [-0.2, 0) is 19.4 Å². The predicted octanol–water partition coefficient (Wildman–Crippen LogP) is 1.94. The summed E-state index contributed by atoms with van der Waals surface area (Å²) >= 11 is 0. The molecular weight excluding hydrogens is 437 g/mol. The molecule has 1 aliphatic carbocycles. The molecule has 0 radical (unpaired) electrons. The molecule has 3 aliphatic heterocycles. The number of hydrogen-bond acceptors (Lipinski definition) is 6. The highest BCUT2D eigenvalue weighted by molar-refractivity contribution is 7.92. The third-order valence-corrected chi connectivity index (χ3v) is 8.92. The SMILES string of the molecule is O=C(NCC1CN(c2ccc(N3CCC(C4CS(=O)(=O)C4)CC3)c(F)c2)C(=O)O1)C1CC1. The monoisotopic (exact) mass is 465 g/mol. The van der Waals surface area contributed by atoms with Crippen LogP contribution >= 0.6 is 0 Å². The van der Waals surface area contributed by atoms with Crippen LogP contribution in [-0.4, -0.2) is 64.2 Å². The quantitative estimate of drug-likeness (QED) is 0.690. The maximum Gasteiger partial charge on any atom is 0.414 e. The van der Waals surface area contributed by atoms with Gasteiger partial charge >= 0.3 is 6.09 Å². The zero-order chi connectivity index (χ0) is 22.5. The molecule has 10 heteroatoms. The van der Waals surface area contributed by atoms with Gasteiger partial charge in [-0.05, 0) is 55.7 Å². The van der Waals surface area contributed by atoms with E-state index in [2.05, 4.69) is 5.32 Å². The molecule has 32 heavy (non-hydrogen) atoms. The Hall–Kier alpha value is -2.36. The molecule has 0 bridgehead atoms. The van der Waals surface area contributed by atoms with Crippen LogP contribution < -0.4 is 15.1 Å². The number of carbonyl (C=O) groups is 2. The number of sulfone groups is 1. The van der Waals surface area contributed by atoms with Crippen molar-refractivity contribution in [1.29, 1.82) is 0 Å². The second-order valence-electron chi connectivity index (χ2n) is 9.43. The highest BCUT2D eigenvalue weighted by atomic mass is 32.2. The van der Waals surface area contributed by atoms with Crippen LogP contribution in [0, 0.1) is 23.6 Å². The third kappa shape index (κ3) is 4.42. The standard InChI is InChI=1S/C22H28FN3O5S/c23-19-9-17(26-11-18(31-22(26)28)10-24-21(27)15-1-2-15)3-4-20(19)25-7-5-14(6-8-25)16-12-32(29,30)13-16/h3-4,9,14-16,18H,1-2,5-8,10-13H2,(H,24,27). The Labute approximate surface area is 187 Å². The molecule has 174 valence electrons. The molecule has 0 aromatic heterocycles. The van der Waals surface area contributed by atoms with Gasteiger partial charge in [-0.3, -0.25) is 9.69 Å². The minimum atomic E-state index is -2.82. The Morgan fingerprint density at radius 1 is 1.12 bits per heavy atom. The van der Waals surface area contributed by atoms with Gasteiger partial charge in [0.05, 0.1) is 36.0 Å². The second kappa shape index (κ2) is 8.20. The number of piperidine rings is 1. The lowest BCUT2D eigenvalue weighted by molar-refractivity contribution is -0.122. The number of nitrogens with one attached hydrogen (secondary N) is 1. The molecule has 1 aromatic carbocycles. The van der Waals surface area contributed by atoms with Crippen molar-refractivity contribution in [3.63, 3.8) is 0 Å². The van der Waals surface area contributed by atoms with Gasteiger partial charge in [0.2, 0.25) is 5.91 Å². The molecule has 2 amide bonds. The van der Waals surface area contributed by atoms with Gasteiger partial charge in [0.15, 0.2) is 9.84 Å². The van der Waals surface area contributed by atoms with Crippen LogP contribution in [0.1, 0.15) is 25.7 Å². The predicted molar refractivity (Wildman–Crippen MR) is 117 cm³/mol. The fraction of sp³-hybridized carbons (Fsp3) is 0.636. The molecule has 5 rings (SSSR count). The molecule has 0 spiro atoms. The van der Waals surface area contributed by atoms with Crippen LogP contribution in [0.15, 0.2) is 18.2 Å². The molecule has 1 atom stereocenters. The van der Waals surface area contributed by atoms with Gasteiger partial charge in [-0.15, -0.1) is 0 Å². The normalized spacial score (nSPS) is 26.0. The fourth-order valence-corrected chi connectivity index (χ4v) is 6.70. The van der Waals surface area contributed by atoms with Crippen molar-refractivity contribution in [3.8, 4) is 0 Å². The second-order valence-corrected chi connectivity index (χ2v) is 11.6. The first-order valence-corrected chi connectivity index (χ1v) is 13.1. The van der Waals surface area contributed by atoms with Crippen molar-refractivity contribution < 1.29 is 27.1 Å². The Morgan fingerprint density at radius 3 is 2.47 bits per heavy atom. The number of hydrogen-bond donors (Lipinski definition) is 1. The fourth-order valence-electron chi connectivity index (χ4n) is 4.95. The first kappa shape index (κ1) is 21.5. The summed E-state index contributed by atoms with van der Waals surface area (Å²) in [6.07, 6.45) is 2.53. The van der Waals surface area contributed by atoms with E-state index in [1.54, 1.807) is 12.1 Å². The number of anilines is 2. The Morgan fingerprint density at radius 2 is 1.84 bits per heavy atom. The minimum Gasteiger partial charge on any atom is -0.442 e. The van der Waals surface area contributed by atoms with Crippen LogP contribution in [0.3, 0.4) is 0 Å². The first-order valence-electron chi connectivity index (χ1n) is 11.3. The summed E-state index contributed by atoms with van der Waals surface area (Å²) in [7, 11) is -2.82. The van der Waals surface area contributed by atoms with E-state index in [0.717, 1.165) is 25.7 Å². The van der Waals surface area contributed by atoms with E-state index >= 15 is 0 Å². The zero-order valence-corrected chi connectivity index (χ0v) is 18.7. The lowest BCUT2D eigenvalue weighted by atomic mass is 9.86. The number of amides is 2. The molecule has 4 fully saturated rings. The van der Waals surface area contributed by atoms with Gasteiger partial charge in [-0.25, -0.2) is 17.6 Å². The number of cyclic esters (lactones) is 1. The van der Waals surface area contributed by atoms with E-state index in [1.165, 1.54) is 11.0 Å². The minimum absolute atomic E-state index is 0.00222. The number of benzene rings is 1. The summed E-state index contributed by atoms with van der Waals surface area (Å²) in [4.78, 5) is 27.4. The number of nitrogens with zero attached hydrogens (tertiary/aromatic N) is 2. The van der Waals surface area contributed by atoms with E-state index in [0.29, 0.717) is 30.4 Å². The van der Waals surface area contributed by atoms with Crippen LogP contribution in [0.4, 0.5) is 20.6 Å². The van der Waals surface area contributed by atoms with Crippen LogP contribution in [0.2, 0.25) is 0 Å². The van der Waals surface area contributed by atoms with Crippen LogP contribution in [0.5, 0.6) is 0 Å². The van der Waals surface area contributed by atoms with Crippen LogP contribution in [0.25, 0.3) is 0 Å². The number of rotatable bonds is 6.